The second-order valence-electron chi connectivity index (χ2n) is 5.56. The van der Waals surface area contributed by atoms with Crippen molar-refractivity contribution in [1.29, 1.82) is 0 Å². The fraction of sp³-hybridized carbons (Fsp3) is 0.312. The number of aryl methyl sites for hydroxylation is 1. The molecule has 3 rings (SSSR count). The number of rotatable bonds is 4. The molecule has 126 valence electrons. The number of hydrogen-bond acceptors (Lipinski definition) is 4. The summed E-state index contributed by atoms with van der Waals surface area (Å²) in [5.41, 5.74) is 0.332. The van der Waals surface area contributed by atoms with Gasteiger partial charge in [-0.15, -0.1) is 0 Å². The van der Waals surface area contributed by atoms with Crippen molar-refractivity contribution in [3.63, 3.8) is 0 Å². The van der Waals surface area contributed by atoms with E-state index in [2.05, 4.69) is 21.1 Å². The van der Waals surface area contributed by atoms with Crippen molar-refractivity contribution in [3.8, 4) is 0 Å². The van der Waals surface area contributed by atoms with E-state index in [1.807, 2.05) is 0 Å². The molecule has 2 heterocycles. The summed E-state index contributed by atoms with van der Waals surface area (Å²) in [7, 11) is 0. The van der Waals surface area contributed by atoms with Crippen LogP contribution in [0, 0.1) is 6.92 Å². The number of likely N-dealkylation sites (tertiary alicyclic amines) is 1. The lowest BCUT2D eigenvalue weighted by Gasteiger charge is -2.26. The Morgan fingerprint density at radius 2 is 2.25 bits per heavy atom. The van der Waals surface area contributed by atoms with Crippen molar-refractivity contribution in [3.05, 3.63) is 45.1 Å². The van der Waals surface area contributed by atoms with E-state index in [9.17, 15) is 9.59 Å². The molecule has 1 saturated heterocycles. The number of nitrogens with zero attached hydrogens (tertiary/aromatic N) is 3. The summed E-state index contributed by atoms with van der Waals surface area (Å²) in [6.07, 6.45) is 1.29. The molecular formula is C16H15BrClN3O3. The predicted octanol–water partition coefficient (Wildman–Crippen LogP) is 3.63. The highest BCUT2D eigenvalue weighted by atomic mass is 79.9. The van der Waals surface area contributed by atoms with E-state index in [1.54, 1.807) is 36.1 Å². The average molecular weight is 413 g/mol. The van der Waals surface area contributed by atoms with Gasteiger partial charge in [0.2, 0.25) is 5.91 Å². The number of carbonyl (C=O) groups is 2. The quantitative estimate of drug-likeness (QED) is 0.769. The second kappa shape index (κ2) is 6.94. The van der Waals surface area contributed by atoms with E-state index in [1.165, 1.54) is 4.90 Å². The van der Waals surface area contributed by atoms with Gasteiger partial charge in [0.1, 0.15) is 12.4 Å². The number of anilines is 1. The third kappa shape index (κ3) is 3.47. The van der Waals surface area contributed by atoms with E-state index >= 15 is 0 Å². The lowest BCUT2D eigenvalue weighted by atomic mass is 10.2. The number of aromatic nitrogens is 1. The monoisotopic (exact) mass is 411 g/mol. The molecule has 0 atom stereocenters. The maximum absolute atomic E-state index is 13.0. The van der Waals surface area contributed by atoms with Gasteiger partial charge in [-0.1, -0.05) is 32.7 Å². The molecule has 24 heavy (non-hydrogen) atoms. The van der Waals surface area contributed by atoms with E-state index in [4.69, 9.17) is 16.1 Å². The van der Waals surface area contributed by atoms with Crippen molar-refractivity contribution >= 4 is 45.2 Å². The molecular weight excluding hydrogens is 398 g/mol. The van der Waals surface area contributed by atoms with E-state index < -0.39 is 0 Å². The number of amides is 2. The standard InChI is InChI=1S/C16H15BrClN3O3/c1-10-7-14(19-24-10)21(9-20-6-2-3-15(20)22)16(23)12-8-11(17)4-5-13(12)18/h4-5,7-8H,2-3,6,9H2,1H3. The van der Waals surface area contributed by atoms with Crippen molar-refractivity contribution < 1.29 is 14.1 Å². The number of carbonyl (C=O) groups excluding carboxylic acids is 2. The Labute approximate surface area is 152 Å². The molecule has 0 unspecified atom stereocenters. The van der Waals surface area contributed by atoms with Gasteiger partial charge in [0.25, 0.3) is 5.91 Å². The number of benzene rings is 1. The molecule has 0 aliphatic carbocycles. The van der Waals surface area contributed by atoms with Crippen molar-refractivity contribution in [2.75, 3.05) is 18.1 Å². The summed E-state index contributed by atoms with van der Waals surface area (Å²) in [4.78, 5) is 28.0. The van der Waals surface area contributed by atoms with Crippen molar-refractivity contribution in [1.82, 2.24) is 10.1 Å². The van der Waals surface area contributed by atoms with Crippen LogP contribution in [0.5, 0.6) is 0 Å². The zero-order valence-electron chi connectivity index (χ0n) is 13.0. The molecule has 0 radical (unpaired) electrons. The lowest BCUT2D eigenvalue weighted by molar-refractivity contribution is -0.127. The minimum atomic E-state index is -0.339. The average Bonchev–Trinajstić information content (AvgIpc) is 3.15. The van der Waals surface area contributed by atoms with Gasteiger partial charge in [-0.05, 0) is 31.5 Å². The van der Waals surface area contributed by atoms with Crippen LogP contribution in [0.25, 0.3) is 0 Å². The van der Waals surface area contributed by atoms with Crippen LogP contribution in [0.15, 0.2) is 33.3 Å². The zero-order valence-corrected chi connectivity index (χ0v) is 15.3. The van der Waals surface area contributed by atoms with E-state index in [-0.39, 0.29) is 18.5 Å². The fourth-order valence-corrected chi connectivity index (χ4v) is 3.11. The maximum atomic E-state index is 13.0. The molecule has 0 bridgehead atoms. The lowest BCUT2D eigenvalue weighted by Crippen LogP contribution is -2.42. The predicted molar refractivity (Wildman–Crippen MR) is 93.0 cm³/mol. The summed E-state index contributed by atoms with van der Waals surface area (Å²) in [6, 6.07) is 6.71. The van der Waals surface area contributed by atoms with Crippen LogP contribution in [0.3, 0.4) is 0 Å². The summed E-state index contributed by atoms with van der Waals surface area (Å²) in [6.45, 7) is 2.48. The molecule has 1 aromatic carbocycles. The molecule has 0 spiro atoms. The minimum absolute atomic E-state index is 0.0216. The molecule has 2 aromatic rings. The molecule has 2 amide bonds. The molecule has 1 aromatic heterocycles. The van der Waals surface area contributed by atoms with Crippen molar-refractivity contribution in [2.45, 2.75) is 19.8 Å². The zero-order chi connectivity index (χ0) is 17.3. The Kier molecular flexibility index (Phi) is 4.91. The SMILES string of the molecule is Cc1cc(N(CN2CCCC2=O)C(=O)c2cc(Br)ccc2Cl)no1. The highest BCUT2D eigenvalue weighted by Crippen LogP contribution is 2.26. The topological polar surface area (TPSA) is 66.7 Å². The normalized spacial score (nSPS) is 14.3. The van der Waals surface area contributed by atoms with Crippen LogP contribution in [-0.4, -0.2) is 35.1 Å². The van der Waals surface area contributed by atoms with Gasteiger partial charge in [0, 0.05) is 23.5 Å². The fourth-order valence-electron chi connectivity index (χ4n) is 2.55. The third-order valence-electron chi connectivity index (χ3n) is 3.78. The maximum Gasteiger partial charge on any atom is 0.262 e. The van der Waals surface area contributed by atoms with Gasteiger partial charge in [0.15, 0.2) is 5.82 Å². The highest BCUT2D eigenvalue weighted by molar-refractivity contribution is 9.10. The van der Waals surface area contributed by atoms with Gasteiger partial charge in [0.05, 0.1) is 10.6 Å². The highest BCUT2D eigenvalue weighted by Gasteiger charge is 2.29. The number of hydrogen-bond donors (Lipinski definition) is 0. The molecule has 6 nitrogen and oxygen atoms in total. The van der Waals surface area contributed by atoms with Crippen LogP contribution in [0.4, 0.5) is 5.82 Å². The first-order valence-electron chi connectivity index (χ1n) is 7.43. The first kappa shape index (κ1) is 17.0. The van der Waals surface area contributed by atoms with Crippen molar-refractivity contribution in [2.24, 2.45) is 0 Å². The minimum Gasteiger partial charge on any atom is -0.360 e. The van der Waals surface area contributed by atoms with Crippen LogP contribution in [-0.2, 0) is 4.79 Å². The van der Waals surface area contributed by atoms with Crippen LogP contribution in [0.2, 0.25) is 5.02 Å². The van der Waals surface area contributed by atoms with Crippen LogP contribution in [0.1, 0.15) is 29.0 Å². The smallest absolute Gasteiger partial charge is 0.262 e. The van der Waals surface area contributed by atoms with Gasteiger partial charge >= 0.3 is 0 Å². The summed E-state index contributed by atoms with van der Waals surface area (Å²) in [5, 5.41) is 4.25. The Morgan fingerprint density at radius 1 is 1.46 bits per heavy atom. The van der Waals surface area contributed by atoms with Gasteiger partial charge in [-0.25, -0.2) is 0 Å². The molecule has 0 saturated carbocycles. The summed E-state index contributed by atoms with van der Waals surface area (Å²) in [5.74, 6) is 0.617. The first-order valence-corrected chi connectivity index (χ1v) is 8.61. The van der Waals surface area contributed by atoms with Gasteiger partial charge in [-0.2, -0.15) is 0 Å². The summed E-state index contributed by atoms with van der Waals surface area (Å²) < 4.78 is 5.83. The first-order chi connectivity index (χ1) is 11.5. The Hall–Kier alpha value is -1.86. The van der Waals surface area contributed by atoms with Gasteiger partial charge < -0.3 is 9.42 Å². The van der Waals surface area contributed by atoms with E-state index in [0.717, 1.165) is 10.9 Å². The Bertz CT molecular complexity index is 793. The van der Waals surface area contributed by atoms with E-state index in [0.29, 0.717) is 35.1 Å². The largest absolute Gasteiger partial charge is 0.360 e. The number of halogens is 2. The molecule has 1 fully saturated rings. The Morgan fingerprint density at radius 3 is 2.88 bits per heavy atom. The summed E-state index contributed by atoms with van der Waals surface area (Å²) >= 11 is 9.52. The molecule has 1 aliphatic heterocycles. The van der Waals surface area contributed by atoms with Crippen LogP contribution < -0.4 is 4.90 Å². The molecule has 0 N–H and O–H groups in total. The molecule has 1 aliphatic rings. The Balaban J connectivity index is 1.95. The second-order valence-corrected chi connectivity index (χ2v) is 6.88. The van der Waals surface area contributed by atoms with Gasteiger partial charge in [-0.3, -0.25) is 14.5 Å². The third-order valence-corrected chi connectivity index (χ3v) is 4.60. The van der Waals surface area contributed by atoms with Crippen LogP contribution >= 0.6 is 27.5 Å². The molecule has 8 heteroatoms.